The van der Waals surface area contributed by atoms with Gasteiger partial charge in [-0.05, 0) is 35.1 Å². The van der Waals surface area contributed by atoms with Crippen molar-refractivity contribution in [2.75, 3.05) is 18.8 Å². The molecule has 1 aliphatic carbocycles. The van der Waals surface area contributed by atoms with Crippen molar-refractivity contribution >= 4 is 30.1 Å². The molecule has 1 aromatic heterocycles. The highest BCUT2D eigenvalue weighted by Crippen LogP contribution is 2.37. The quantitative estimate of drug-likeness (QED) is 0.798. The minimum Gasteiger partial charge on any atom is -0.342 e. The Hall–Kier alpha value is -0.860. The van der Waals surface area contributed by atoms with Crippen LogP contribution in [0.3, 0.4) is 0 Å². The van der Waals surface area contributed by atoms with Crippen LogP contribution in [0.1, 0.15) is 19.3 Å². The molecule has 2 aliphatic rings. The minimum atomic E-state index is 0. The first-order valence-corrected chi connectivity index (χ1v) is 8.02. The number of aromatic nitrogens is 4. The number of hydrogen-bond donors (Lipinski definition) is 1. The first-order chi connectivity index (χ1) is 9.65. The van der Waals surface area contributed by atoms with Crippen molar-refractivity contribution in [1.82, 2.24) is 25.1 Å². The lowest BCUT2D eigenvalue weighted by molar-refractivity contribution is -0.130. The number of nitrogens with zero attached hydrogens (tertiary/aromatic N) is 5. The molecule has 21 heavy (non-hydrogen) atoms. The number of tetrazole rings is 1. The molecule has 1 saturated heterocycles. The molecule has 9 heteroatoms. The summed E-state index contributed by atoms with van der Waals surface area (Å²) in [7, 11) is 1.80. The Kier molecular flexibility index (Phi) is 5.45. The standard InChI is InChI=1S/C12H20N6OS.ClH/c1-17-12(14-15-16-17)20-5-4-11(19)18-6-8-2-3-10(13)9(8)7-18;/h8-10H,2-7,13H2,1H3;1H. The van der Waals surface area contributed by atoms with Gasteiger partial charge in [-0.3, -0.25) is 4.79 Å². The molecule has 1 amide bonds. The average Bonchev–Trinajstić information content (AvgIpc) is 3.09. The van der Waals surface area contributed by atoms with Gasteiger partial charge in [0.25, 0.3) is 0 Å². The number of thioether (sulfide) groups is 1. The molecule has 3 rings (SSSR count). The second kappa shape index (κ2) is 6.93. The Morgan fingerprint density at radius 2 is 2.24 bits per heavy atom. The summed E-state index contributed by atoms with van der Waals surface area (Å²) in [5.41, 5.74) is 6.10. The van der Waals surface area contributed by atoms with E-state index in [0.717, 1.165) is 24.7 Å². The molecule has 0 aromatic carbocycles. The molecular weight excluding hydrogens is 312 g/mol. The molecular formula is C12H21ClN6OS. The lowest BCUT2D eigenvalue weighted by Gasteiger charge is -2.18. The zero-order valence-corrected chi connectivity index (χ0v) is 13.6. The zero-order valence-electron chi connectivity index (χ0n) is 12.0. The average molecular weight is 333 g/mol. The molecule has 3 atom stereocenters. The third kappa shape index (κ3) is 3.49. The second-order valence-corrected chi connectivity index (χ2v) is 6.71. The summed E-state index contributed by atoms with van der Waals surface area (Å²) in [6.07, 6.45) is 2.83. The number of rotatable bonds is 4. The van der Waals surface area contributed by atoms with Crippen LogP contribution in [0.25, 0.3) is 0 Å². The van der Waals surface area contributed by atoms with Crippen LogP contribution < -0.4 is 5.73 Å². The first kappa shape index (κ1) is 16.5. The lowest BCUT2D eigenvalue weighted by Crippen LogP contribution is -2.33. The maximum atomic E-state index is 12.2. The van der Waals surface area contributed by atoms with Crippen LogP contribution in [0.4, 0.5) is 0 Å². The number of carbonyl (C=O) groups is 1. The maximum absolute atomic E-state index is 12.2. The third-order valence-electron chi connectivity index (χ3n) is 4.39. The van der Waals surface area contributed by atoms with Crippen LogP contribution in [0.5, 0.6) is 0 Å². The number of hydrogen-bond acceptors (Lipinski definition) is 6. The van der Waals surface area contributed by atoms with E-state index in [-0.39, 0.29) is 24.4 Å². The van der Waals surface area contributed by atoms with Gasteiger partial charge < -0.3 is 10.6 Å². The summed E-state index contributed by atoms with van der Waals surface area (Å²) in [5, 5.41) is 12.0. The van der Waals surface area contributed by atoms with Gasteiger partial charge in [-0.15, -0.1) is 17.5 Å². The normalized spacial score (nSPS) is 27.5. The van der Waals surface area contributed by atoms with E-state index in [1.807, 2.05) is 4.90 Å². The first-order valence-electron chi connectivity index (χ1n) is 7.03. The molecule has 3 unspecified atom stereocenters. The minimum absolute atomic E-state index is 0. The Morgan fingerprint density at radius 1 is 1.43 bits per heavy atom. The number of fused-ring (bicyclic) bond motifs is 1. The van der Waals surface area contributed by atoms with Gasteiger partial charge in [-0.25, -0.2) is 4.68 Å². The van der Waals surface area contributed by atoms with Gasteiger partial charge in [0.05, 0.1) is 0 Å². The molecule has 0 spiro atoms. The highest BCUT2D eigenvalue weighted by molar-refractivity contribution is 7.99. The van der Waals surface area contributed by atoms with E-state index in [1.165, 1.54) is 18.2 Å². The van der Waals surface area contributed by atoms with Crippen molar-refractivity contribution in [3.8, 4) is 0 Å². The molecule has 118 valence electrons. The Morgan fingerprint density at radius 3 is 2.90 bits per heavy atom. The monoisotopic (exact) mass is 332 g/mol. The van der Waals surface area contributed by atoms with Crippen LogP contribution in [0.2, 0.25) is 0 Å². The molecule has 1 aromatic rings. The van der Waals surface area contributed by atoms with E-state index in [2.05, 4.69) is 15.5 Å². The Balaban J connectivity index is 0.00000161. The third-order valence-corrected chi connectivity index (χ3v) is 5.41. The van der Waals surface area contributed by atoms with Crippen molar-refractivity contribution in [2.45, 2.75) is 30.5 Å². The predicted molar refractivity (Wildman–Crippen MR) is 82.2 cm³/mol. The number of likely N-dealkylation sites (tertiary alicyclic amines) is 1. The highest BCUT2D eigenvalue weighted by atomic mass is 35.5. The molecule has 1 saturated carbocycles. The molecule has 2 heterocycles. The van der Waals surface area contributed by atoms with Crippen molar-refractivity contribution in [2.24, 2.45) is 24.6 Å². The van der Waals surface area contributed by atoms with Crippen molar-refractivity contribution in [3.05, 3.63) is 0 Å². The highest BCUT2D eigenvalue weighted by Gasteiger charge is 2.42. The maximum Gasteiger partial charge on any atom is 0.223 e. The van der Waals surface area contributed by atoms with Gasteiger partial charge in [0.1, 0.15) is 0 Å². The zero-order chi connectivity index (χ0) is 14.1. The molecule has 0 radical (unpaired) electrons. The van der Waals surface area contributed by atoms with E-state index in [4.69, 9.17) is 5.73 Å². The van der Waals surface area contributed by atoms with Crippen molar-refractivity contribution < 1.29 is 4.79 Å². The molecule has 2 fully saturated rings. The van der Waals surface area contributed by atoms with E-state index in [1.54, 1.807) is 11.7 Å². The van der Waals surface area contributed by atoms with Crippen molar-refractivity contribution in [3.63, 3.8) is 0 Å². The van der Waals surface area contributed by atoms with Crippen LogP contribution in [-0.4, -0.2) is 55.9 Å². The lowest BCUT2D eigenvalue weighted by atomic mass is 9.98. The Labute approximate surface area is 134 Å². The summed E-state index contributed by atoms with van der Waals surface area (Å²) < 4.78 is 1.62. The number of aryl methyl sites for hydroxylation is 1. The SMILES string of the molecule is Cl.Cn1nnnc1SCCC(=O)N1CC2CCC(N)C2C1. The van der Waals surface area contributed by atoms with Gasteiger partial charge in [0.2, 0.25) is 11.1 Å². The molecule has 2 N–H and O–H groups in total. The molecule has 0 bridgehead atoms. The molecule has 1 aliphatic heterocycles. The summed E-state index contributed by atoms with van der Waals surface area (Å²) in [6, 6.07) is 0.289. The van der Waals surface area contributed by atoms with Crippen LogP contribution >= 0.6 is 24.2 Å². The topological polar surface area (TPSA) is 89.9 Å². The fourth-order valence-electron chi connectivity index (χ4n) is 3.24. The van der Waals surface area contributed by atoms with Crippen LogP contribution in [0.15, 0.2) is 5.16 Å². The largest absolute Gasteiger partial charge is 0.342 e. The van der Waals surface area contributed by atoms with Gasteiger partial charge in [-0.1, -0.05) is 11.8 Å². The van der Waals surface area contributed by atoms with E-state index in [0.29, 0.717) is 24.0 Å². The second-order valence-electron chi connectivity index (χ2n) is 5.65. The number of carbonyl (C=O) groups excluding carboxylic acids is 1. The summed E-state index contributed by atoms with van der Waals surface area (Å²) in [6.45, 7) is 1.74. The van der Waals surface area contributed by atoms with Crippen LogP contribution in [-0.2, 0) is 11.8 Å². The number of amides is 1. The fourth-order valence-corrected chi connectivity index (χ4v) is 4.02. The predicted octanol–water partition coefficient (Wildman–Crippen LogP) is 0.310. The van der Waals surface area contributed by atoms with E-state index < -0.39 is 0 Å². The van der Waals surface area contributed by atoms with E-state index in [9.17, 15) is 4.79 Å². The Bertz CT molecular complexity index is 498. The summed E-state index contributed by atoms with van der Waals surface area (Å²) in [5.74, 6) is 2.10. The number of halogens is 1. The van der Waals surface area contributed by atoms with Gasteiger partial charge in [0, 0.05) is 38.4 Å². The smallest absolute Gasteiger partial charge is 0.223 e. The summed E-state index contributed by atoms with van der Waals surface area (Å²) in [4.78, 5) is 14.2. The van der Waals surface area contributed by atoms with Gasteiger partial charge >= 0.3 is 0 Å². The fraction of sp³-hybridized carbons (Fsp3) is 0.833. The summed E-state index contributed by atoms with van der Waals surface area (Å²) >= 11 is 1.52. The van der Waals surface area contributed by atoms with Crippen molar-refractivity contribution in [1.29, 1.82) is 0 Å². The van der Waals surface area contributed by atoms with E-state index >= 15 is 0 Å². The van der Waals surface area contributed by atoms with Gasteiger partial charge in [0.15, 0.2) is 0 Å². The van der Waals surface area contributed by atoms with Crippen LogP contribution in [0, 0.1) is 11.8 Å². The van der Waals surface area contributed by atoms with Gasteiger partial charge in [-0.2, -0.15) is 0 Å². The number of nitrogens with two attached hydrogens (primary N) is 1. The molecule has 7 nitrogen and oxygen atoms in total.